The minimum absolute atomic E-state index is 0.275. The summed E-state index contributed by atoms with van der Waals surface area (Å²) in [6.07, 6.45) is 10.3. The average Bonchev–Trinajstić information content (AvgIpc) is 3.68. The van der Waals surface area contributed by atoms with Crippen LogP contribution < -0.4 is 25.6 Å². The number of hydrogen-bond donors (Lipinski definition) is 2. The maximum atomic E-state index is 12.5. The lowest BCUT2D eigenvalue weighted by Crippen LogP contribution is -2.37. The predicted octanol–water partition coefficient (Wildman–Crippen LogP) is 6.21. The SMILES string of the molecule is C=CC(=O)Nc1cc(Nc2ncc(P(C)C)c(-c3cn(C4CC4)c4ccccc34)n2)c(OC)cc1N(C)CC1CCCN1C. The van der Waals surface area contributed by atoms with E-state index in [0.717, 1.165) is 41.8 Å². The van der Waals surface area contributed by atoms with E-state index in [1.54, 1.807) is 7.11 Å². The number of aromatic nitrogens is 3. The molecule has 0 spiro atoms. The first-order valence-corrected chi connectivity index (χ1v) is 17.5. The Morgan fingerprint density at radius 3 is 2.68 bits per heavy atom. The lowest BCUT2D eigenvalue weighted by Gasteiger charge is -2.29. The summed E-state index contributed by atoms with van der Waals surface area (Å²) in [7, 11) is 5.42. The lowest BCUT2D eigenvalue weighted by molar-refractivity contribution is -0.111. The van der Waals surface area contributed by atoms with Gasteiger partial charge in [0.2, 0.25) is 11.9 Å². The van der Waals surface area contributed by atoms with E-state index in [1.807, 2.05) is 18.3 Å². The number of carbonyl (C=O) groups is 1. The van der Waals surface area contributed by atoms with Crippen LogP contribution >= 0.6 is 7.92 Å². The Hall–Kier alpha value is -3.94. The summed E-state index contributed by atoms with van der Waals surface area (Å²) < 4.78 is 8.28. The first-order valence-electron chi connectivity index (χ1n) is 15.3. The third-order valence-corrected chi connectivity index (χ3v) is 10.1. The molecule has 6 rings (SSSR count). The van der Waals surface area contributed by atoms with Crippen LogP contribution in [0.5, 0.6) is 5.75 Å². The maximum absolute atomic E-state index is 12.5. The van der Waals surface area contributed by atoms with Crippen molar-refractivity contribution < 1.29 is 9.53 Å². The predicted molar refractivity (Wildman–Crippen MR) is 184 cm³/mol. The number of benzene rings is 2. The fourth-order valence-corrected chi connectivity index (χ4v) is 7.07. The molecule has 1 aliphatic heterocycles. The molecule has 0 bridgehead atoms. The zero-order valence-corrected chi connectivity index (χ0v) is 27.2. The highest BCUT2D eigenvalue weighted by Gasteiger charge is 2.28. The van der Waals surface area contributed by atoms with Crippen LogP contribution in [0.2, 0.25) is 0 Å². The van der Waals surface area contributed by atoms with Gasteiger partial charge in [0, 0.05) is 65.9 Å². The molecule has 44 heavy (non-hydrogen) atoms. The van der Waals surface area contributed by atoms with Crippen molar-refractivity contribution in [1.82, 2.24) is 19.4 Å². The Kier molecular flexibility index (Phi) is 8.61. The van der Waals surface area contributed by atoms with Crippen LogP contribution in [-0.4, -0.2) is 79.0 Å². The average molecular weight is 612 g/mol. The number of likely N-dealkylation sites (tertiary alicyclic amines) is 1. The van der Waals surface area contributed by atoms with Crippen LogP contribution in [0.25, 0.3) is 22.2 Å². The second-order valence-electron chi connectivity index (χ2n) is 12.1. The highest BCUT2D eigenvalue weighted by atomic mass is 31.1. The first-order chi connectivity index (χ1) is 21.3. The molecule has 2 aliphatic rings. The number of methoxy groups -OCH3 is 1. The van der Waals surface area contributed by atoms with Gasteiger partial charge in [0.1, 0.15) is 5.75 Å². The summed E-state index contributed by atoms with van der Waals surface area (Å²) in [5.74, 6) is 0.829. The van der Waals surface area contributed by atoms with Gasteiger partial charge in [0.15, 0.2) is 0 Å². The fraction of sp³-hybridized carbons (Fsp3) is 0.382. The van der Waals surface area contributed by atoms with Crippen molar-refractivity contribution in [2.75, 3.05) is 63.2 Å². The van der Waals surface area contributed by atoms with E-state index in [9.17, 15) is 4.79 Å². The molecular weight excluding hydrogens is 569 g/mol. The minimum atomic E-state index is -0.458. The van der Waals surface area contributed by atoms with Gasteiger partial charge in [-0.15, -0.1) is 0 Å². The summed E-state index contributed by atoms with van der Waals surface area (Å²) in [6, 6.07) is 13.5. The molecule has 4 aromatic rings. The van der Waals surface area contributed by atoms with Crippen LogP contribution in [0.15, 0.2) is 61.4 Å². The van der Waals surface area contributed by atoms with Gasteiger partial charge in [0.05, 0.1) is 29.9 Å². The van der Waals surface area contributed by atoms with Crippen molar-refractivity contribution >= 4 is 53.0 Å². The smallest absolute Gasteiger partial charge is 0.247 e. The van der Waals surface area contributed by atoms with Gasteiger partial charge in [-0.1, -0.05) is 32.7 Å². The van der Waals surface area contributed by atoms with Crippen LogP contribution in [0.1, 0.15) is 31.7 Å². The molecule has 0 radical (unpaired) electrons. The molecule has 2 aromatic heterocycles. The van der Waals surface area contributed by atoms with E-state index < -0.39 is 7.92 Å². The quantitative estimate of drug-likeness (QED) is 0.154. The second kappa shape index (κ2) is 12.6. The number of nitrogens with zero attached hydrogens (tertiary/aromatic N) is 5. The summed E-state index contributed by atoms with van der Waals surface area (Å²) >= 11 is 0. The Morgan fingerprint density at radius 1 is 1.20 bits per heavy atom. The molecule has 1 aliphatic carbocycles. The van der Waals surface area contributed by atoms with Crippen molar-refractivity contribution in [1.29, 1.82) is 0 Å². The van der Waals surface area contributed by atoms with Crippen LogP contribution in [0, 0.1) is 0 Å². The number of anilines is 4. The number of rotatable bonds is 11. The third kappa shape index (κ3) is 6.04. The number of carbonyl (C=O) groups excluding carboxylic acids is 1. The molecule has 1 saturated heterocycles. The highest BCUT2D eigenvalue weighted by Crippen LogP contribution is 2.43. The van der Waals surface area contributed by atoms with Crippen LogP contribution in [-0.2, 0) is 4.79 Å². The molecule has 1 amide bonds. The molecule has 1 atom stereocenters. The van der Waals surface area contributed by atoms with Gasteiger partial charge >= 0.3 is 0 Å². The first kappa shape index (κ1) is 30.1. The van der Waals surface area contributed by atoms with Crippen molar-refractivity contribution in [3.63, 3.8) is 0 Å². The zero-order chi connectivity index (χ0) is 31.0. The van der Waals surface area contributed by atoms with E-state index in [-0.39, 0.29) is 5.91 Å². The summed E-state index contributed by atoms with van der Waals surface area (Å²) in [5, 5.41) is 8.78. The topological polar surface area (TPSA) is 87.5 Å². The number of fused-ring (bicyclic) bond motifs is 1. The second-order valence-corrected chi connectivity index (χ2v) is 14.3. The normalized spacial score (nSPS) is 16.8. The van der Waals surface area contributed by atoms with Crippen molar-refractivity contribution in [2.45, 2.75) is 37.8 Å². The molecule has 2 N–H and O–H groups in total. The van der Waals surface area contributed by atoms with E-state index in [1.165, 1.54) is 36.2 Å². The Morgan fingerprint density at radius 2 is 2.00 bits per heavy atom. The van der Waals surface area contributed by atoms with Gasteiger partial charge in [0.25, 0.3) is 0 Å². The van der Waals surface area contributed by atoms with E-state index in [2.05, 4.69) is 89.5 Å². The Balaban J connectivity index is 1.39. The monoisotopic (exact) mass is 611 g/mol. The molecule has 9 nitrogen and oxygen atoms in total. The minimum Gasteiger partial charge on any atom is -0.494 e. The van der Waals surface area contributed by atoms with Gasteiger partial charge in [-0.25, -0.2) is 9.97 Å². The van der Waals surface area contributed by atoms with Gasteiger partial charge in [-0.2, -0.15) is 0 Å². The highest BCUT2D eigenvalue weighted by molar-refractivity contribution is 7.64. The number of ether oxygens (including phenoxy) is 1. The number of nitrogens with one attached hydrogen (secondary N) is 2. The molecular formula is C34H42N7O2P. The molecule has 230 valence electrons. The van der Waals surface area contributed by atoms with Crippen molar-refractivity contribution in [2.24, 2.45) is 0 Å². The molecule has 2 fully saturated rings. The fourth-order valence-electron chi connectivity index (χ4n) is 6.19. The zero-order valence-electron chi connectivity index (χ0n) is 26.3. The largest absolute Gasteiger partial charge is 0.494 e. The molecule has 1 saturated carbocycles. The van der Waals surface area contributed by atoms with Gasteiger partial charge in [-0.05, 0) is 70.8 Å². The number of likely N-dealkylation sites (N-methyl/N-ethyl adjacent to an activating group) is 2. The Bertz CT molecular complexity index is 1700. The molecule has 1 unspecified atom stereocenters. The van der Waals surface area contributed by atoms with Crippen molar-refractivity contribution in [3.8, 4) is 17.0 Å². The number of hydrogen-bond acceptors (Lipinski definition) is 7. The van der Waals surface area contributed by atoms with Gasteiger partial charge in [-0.3, -0.25) is 4.79 Å². The molecule has 2 aromatic carbocycles. The molecule has 3 heterocycles. The summed E-state index contributed by atoms with van der Waals surface area (Å²) in [5.41, 5.74) is 5.52. The summed E-state index contributed by atoms with van der Waals surface area (Å²) in [6.45, 7) is 10.1. The molecule has 10 heteroatoms. The van der Waals surface area contributed by atoms with Gasteiger partial charge < -0.3 is 29.7 Å². The van der Waals surface area contributed by atoms with Crippen LogP contribution in [0.4, 0.5) is 23.0 Å². The van der Waals surface area contributed by atoms with E-state index in [0.29, 0.717) is 35.2 Å². The number of para-hydroxylation sites is 1. The summed E-state index contributed by atoms with van der Waals surface area (Å²) in [4.78, 5) is 27.0. The lowest BCUT2D eigenvalue weighted by atomic mass is 10.1. The van der Waals surface area contributed by atoms with E-state index in [4.69, 9.17) is 14.7 Å². The standard InChI is InChI=1S/C34H42N7O2P/c1-7-32(42)36-26-17-27(30(43-4)18-29(26)40(3)20-23-11-10-16-39(23)2)37-34-35-19-31(44(5)6)33(38-34)25-21-41(22-14-15-22)28-13-9-8-12-24(25)28/h7-9,12-13,17-19,21-23H,1,10-11,14-16,20H2,2-6H3,(H,36,42)(H,35,37,38). The Labute approximate surface area is 261 Å². The maximum Gasteiger partial charge on any atom is 0.247 e. The van der Waals surface area contributed by atoms with Crippen molar-refractivity contribution in [3.05, 3.63) is 61.4 Å². The van der Waals surface area contributed by atoms with E-state index >= 15 is 0 Å². The third-order valence-electron chi connectivity index (χ3n) is 8.76. The number of amides is 1. The van der Waals surface area contributed by atoms with Crippen LogP contribution in [0.3, 0.4) is 0 Å².